The zero-order valence-electron chi connectivity index (χ0n) is 18.0. The summed E-state index contributed by atoms with van der Waals surface area (Å²) in [5.74, 6) is 0.427. The Labute approximate surface area is 184 Å². The van der Waals surface area contributed by atoms with E-state index in [1.54, 1.807) is 35.5 Å². The molecule has 166 valence electrons. The largest absolute Gasteiger partial charge is 0.481 e. The summed E-state index contributed by atoms with van der Waals surface area (Å²) in [5, 5.41) is 2.81. The lowest BCUT2D eigenvalue weighted by Crippen LogP contribution is -2.35. The second-order valence-electron chi connectivity index (χ2n) is 8.38. The number of carbonyl (C=O) groups is 1. The van der Waals surface area contributed by atoms with E-state index in [2.05, 4.69) is 11.4 Å². The van der Waals surface area contributed by atoms with Crippen LogP contribution < -0.4 is 10.1 Å². The van der Waals surface area contributed by atoms with Crippen molar-refractivity contribution < 1.29 is 17.9 Å². The number of piperidine rings is 1. The first-order chi connectivity index (χ1) is 14.9. The van der Waals surface area contributed by atoms with Crippen molar-refractivity contribution in [1.82, 2.24) is 4.31 Å². The normalized spacial score (nSPS) is 18.1. The summed E-state index contributed by atoms with van der Waals surface area (Å²) in [6.45, 7) is 2.85. The molecule has 0 radical (unpaired) electrons. The highest BCUT2D eigenvalue weighted by molar-refractivity contribution is 7.89. The van der Waals surface area contributed by atoms with Crippen LogP contribution in [0.1, 0.15) is 50.2 Å². The number of ether oxygens (including phenoxy) is 1. The Balaban J connectivity index is 1.37. The number of hydrogen-bond donors (Lipinski definition) is 1. The Morgan fingerprint density at radius 2 is 1.61 bits per heavy atom. The highest BCUT2D eigenvalue weighted by atomic mass is 32.2. The van der Waals surface area contributed by atoms with Crippen molar-refractivity contribution in [2.75, 3.05) is 18.4 Å². The van der Waals surface area contributed by atoms with Crippen molar-refractivity contribution >= 4 is 21.6 Å². The van der Waals surface area contributed by atoms with Crippen LogP contribution in [0.3, 0.4) is 0 Å². The van der Waals surface area contributed by atoms with Crippen LogP contribution >= 0.6 is 0 Å². The van der Waals surface area contributed by atoms with Gasteiger partial charge in [-0.25, -0.2) is 8.42 Å². The Hall–Kier alpha value is -2.38. The highest BCUT2D eigenvalue weighted by Gasteiger charge is 2.26. The standard InChI is InChI=1S/C24H30N2O4S/c1-18(30-22-12-9-19-7-3-4-8-20(19)17-22)24(27)25-21-10-13-23(14-11-21)31(28,29)26-15-5-2-6-16-26/h9-14,17-18H,2-8,15-16H2,1H3,(H,25,27)/t18-/m0/s1. The highest BCUT2D eigenvalue weighted by Crippen LogP contribution is 2.26. The first-order valence-corrected chi connectivity index (χ1v) is 12.6. The zero-order chi connectivity index (χ0) is 21.8. The second kappa shape index (κ2) is 9.40. The van der Waals surface area contributed by atoms with Crippen LogP contribution in [-0.4, -0.2) is 37.8 Å². The number of carbonyl (C=O) groups excluding carboxylic acids is 1. The van der Waals surface area contributed by atoms with E-state index in [9.17, 15) is 13.2 Å². The lowest BCUT2D eigenvalue weighted by Gasteiger charge is -2.25. The number of fused-ring (bicyclic) bond motifs is 1. The molecule has 0 saturated carbocycles. The molecule has 0 aromatic heterocycles. The summed E-state index contributed by atoms with van der Waals surface area (Å²) in [6, 6.07) is 12.4. The number of hydrogen-bond acceptors (Lipinski definition) is 4. The maximum Gasteiger partial charge on any atom is 0.265 e. The second-order valence-corrected chi connectivity index (χ2v) is 10.3. The van der Waals surface area contributed by atoms with E-state index in [-0.39, 0.29) is 10.8 Å². The monoisotopic (exact) mass is 442 g/mol. The van der Waals surface area contributed by atoms with Crippen LogP contribution in [0, 0.1) is 0 Å². The number of nitrogens with one attached hydrogen (secondary N) is 1. The molecule has 7 heteroatoms. The van der Waals surface area contributed by atoms with E-state index in [1.807, 2.05) is 12.1 Å². The van der Waals surface area contributed by atoms with Gasteiger partial charge >= 0.3 is 0 Å². The van der Waals surface area contributed by atoms with Crippen molar-refractivity contribution in [3.8, 4) is 5.75 Å². The Morgan fingerprint density at radius 3 is 2.32 bits per heavy atom. The van der Waals surface area contributed by atoms with Gasteiger partial charge in [0.2, 0.25) is 10.0 Å². The lowest BCUT2D eigenvalue weighted by molar-refractivity contribution is -0.122. The van der Waals surface area contributed by atoms with E-state index < -0.39 is 16.1 Å². The van der Waals surface area contributed by atoms with Crippen molar-refractivity contribution in [3.63, 3.8) is 0 Å². The minimum atomic E-state index is -3.48. The predicted octanol–water partition coefficient (Wildman–Crippen LogP) is 4.15. The van der Waals surface area contributed by atoms with Gasteiger partial charge in [0.25, 0.3) is 5.91 Å². The molecule has 1 heterocycles. The predicted molar refractivity (Wildman–Crippen MR) is 121 cm³/mol. The van der Waals surface area contributed by atoms with Crippen LogP contribution in [0.5, 0.6) is 5.75 Å². The van der Waals surface area contributed by atoms with Gasteiger partial charge < -0.3 is 10.1 Å². The number of amides is 1. The molecule has 2 aromatic rings. The van der Waals surface area contributed by atoms with Gasteiger partial charge in [-0.2, -0.15) is 4.31 Å². The Morgan fingerprint density at radius 1 is 0.935 bits per heavy atom. The van der Waals surface area contributed by atoms with Gasteiger partial charge in [-0.3, -0.25) is 4.79 Å². The maximum absolute atomic E-state index is 12.8. The fraction of sp³-hybridized carbons (Fsp3) is 0.458. The summed E-state index contributed by atoms with van der Waals surface area (Å²) in [4.78, 5) is 12.8. The third kappa shape index (κ3) is 5.10. The number of anilines is 1. The first-order valence-electron chi connectivity index (χ1n) is 11.1. The third-order valence-corrected chi connectivity index (χ3v) is 7.99. The average molecular weight is 443 g/mol. The molecule has 0 spiro atoms. The van der Waals surface area contributed by atoms with Gasteiger partial charge in [0.15, 0.2) is 6.10 Å². The van der Waals surface area contributed by atoms with Crippen LogP contribution in [0.15, 0.2) is 47.4 Å². The molecule has 1 amide bonds. The molecule has 2 aliphatic rings. The molecule has 2 aromatic carbocycles. The molecule has 1 saturated heterocycles. The van der Waals surface area contributed by atoms with Gasteiger partial charge in [0.05, 0.1) is 4.90 Å². The summed E-state index contributed by atoms with van der Waals surface area (Å²) >= 11 is 0. The van der Waals surface area contributed by atoms with Crippen molar-refractivity contribution in [2.45, 2.75) is 62.9 Å². The number of benzene rings is 2. The Kier molecular flexibility index (Phi) is 6.62. The van der Waals surface area contributed by atoms with Gasteiger partial charge in [-0.05, 0) is 93.0 Å². The van der Waals surface area contributed by atoms with Crippen molar-refractivity contribution in [1.29, 1.82) is 0 Å². The fourth-order valence-electron chi connectivity index (χ4n) is 4.25. The van der Waals surface area contributed by atoms with Crippen LogP contribution in [-0.2, 0) is 27.7 Å². The smallest absolute Gasteiger partial charge is 0.265 e. The minimum Gasteiger partial charge on any atom is -0.481 e. The molecule has 1 N–H and O–H groups in total. The summed E-state index contributed by atoms with van der Waals surface area (Å²) in [5.41, 5.74) is 3.22. The minimum absolute atomic E-state index is 0.255. The topological polar surface area (TPSA) is 75.7 Å². The number of aryl methyl sites for hydroxylation is 2. The molecule has 0 bridgehead atoms. The van der Waals surface area contributed by atoms with E-state index in [0.29, 0.717) is 24.5 Å². The van der Waals surface area contributed by atoms with E-state index in [1.165, 1.54) is 24.0 Å². The van der Waals surface area contributed by atoms with E-state index >= 15 is 0 Å². The first kappa shape index (κ1) is 21.8. The van der Waals surface area contributed by atoms with Gasteiger partial charge in [-0.15, -0.1) is 0 Å². The maximum atomic E-state index is 12.8. The molecule has 1 fully saturated rings. The average Bonchev–Trinajstić information content (AvgIpc) is 2.80. The summed E-state index contributed by atoms with van der Waals surface area (Å²) < 4.78 is 32.9. The molecule has 1 aliphatic carbocycles. The lowest BCUT2D eigenvalue weighted by atomic mass is 9.92. The third-order valence-electron chi connectivity index (χ3n) is 6.08. The molecular weight excluding hydrogens is 412 g/mol. The quantitative estimate of drug-likeness (QED) is 0.729. The van der Waals surface area contributed by atoms with Gasteiger partial charge in [0.1, 0.15) is 5.75 Å². The molecule has 6 nitrogen and oxygen atoms in total. The molecule has 1 atom stereocenters. The van der Waals surface area contributed by atoms with E-state index in [4.69, 9.17) is 4.74 Å². The van der Waals surface area contributed by atoms with Gasteiger partial charge in [0, 0.05) is 18.8 Å². The van der Waals surface area contributed by atoms with Crippen LogP contribution in [0.25, 0.3) is 0 Å². The van der Waals surface area contributed by atoms with Crippen LogP contribution in [0.4, 0.5) is 5.69 Å². The van der Waals surface area contributed by atoms with Crippen molar-refractivity contribution in [3.05, 3.63) is 53.6 Å². The molecule has 0 unspecified atom stereocenters. The summed E-state index contributed by atoms with van der Waals surface area (Å²) in [7, 11) is -3.48. The SMILES string of the molecule is C[C@H](Oc1ccc2c(c1)CCCC2)C(=O)Nc1ccc(S(=O)(=O)N2CCCCC2)cc1. The molecule has 4 rings (SSSR count). The molecule has 1 aliphatic heterocycles. The van der Waals surface area contributed by atoms with Crippen molar-refractivity contribution in [2.24, 2.45) is 0 Å². The number of nitrogens with zero attached hydrogens (tertiary/aromatic N) is 1. The Bertz CT molecular complexity index is 1030. The zero-order valence-corrected chi connectivity index (χ0v) is 18.8. The van der Waals surface area contributed by atoms with E-state index in [0.717, 1.165) is 32.1 Å². The molecule has 31 heavy (non-hydrogen) atoms. The molecular formula is C24H30N2O4S. The number of sulfonamides is 1. The number of rotatable bonds is 6. The summed E-state index contributed by atoms with van der Waals surface area (Å²) in [6.07, 6.45) is 6.78. The fourth-order valence-corrected chi connectivity index (χ4v) is 5.77. The van der Waals surface area contributed by atoms with Gasteiger partial charge in [-0.1, -0.05) is 12.5 Å². The van der Waals surface area contributed by atoms with Crippen LogP contribution in [0.2, 0.25) is 0 Å².